The molecule has 41 valence electrons. The Labute approximate surface area is 44.7 Å². The van der Waals surface area contributed by atoms with Gasteiger partial charge in [-0.1, -0.05) is 8.58 Å². The molecule has 1 radical (unpaired) electrons. The first kappa shape index (κ1) is 6.90. The maximum Gasteiger partial charge on any atom is 0.303 e. The van der Waals surface area contributed by atoms with Gasteiger partial charge in [-0.15, -0.1) is 0 Å². The average Bonchev–Trinajstić information content (AvgIpc) is 1.61. The summed E-state index contributed by atoms with van der Waals surface area (Å²) >= 11 is 0. The summed E-state index contributed by atoms with van der Waals surface area (Å²) < 4.78 is 0. The number of hydrogen-bond acceptors (Lipinski definition) is 1. The van der Waals surface area contributed by atoms with Crippen molar-refractivity contribution in [1.82, 2.24) is 0 Å². The Kier molecular flexibility index (Phi) is 4.01. The van der Waals surface area contributed by atoms with Gasteiger partial charge in [-0.05, 0) is 12.8 Å². The van der Waals surface area contributed by atoms with E-state index in [2.05, 4.69) is 0 Å². The van der Waals surface area contributed by atoms with Crippen LogP contribution < -0.4 is 0 Å². The molecule has 0 bridgehead atoms. The summed E-state index contributed by atoms with van der Waals surface area (Å²) in [5.74, 6) is -0.700. The van der Waals surface area contributed by atoms with Gasteiger partial charge in [-0.2, -0.15) is 0 Å². The molecule has 0 aromatic carbocycles. The van der Waals surface area contributed by atoms with Crippen molar-refractivity contribution in [3.8, 4) is 0 Å². The van der Waals surface area contributed by atoms with E-state index < -0.39 is 5.97 Å². The van der Waals surface area contributed by atoms with Crippen LogP contribution in [0.25, 0.3) is 0 Å². The van der Waals surface area contributed by atoms with Gasteiger partial charge in [0.25, 0.3) is 0 Å². The van der Waals surface area contributed by atoms with Gasteiger partial charge in [0.05, 0.1) is 0 Å². The SMILES string of the molecule is C[P]CCC(=O)O. The molecule has 0 atom stereocenters. The van der Waals surface area contributed by atoms with E-state index in [1.165, 1.54) is 0 Å². The Hall–Kier alpha value is -0.100. The minimum atomic E-state index is -0.700. The normalized spacial score (nSPS) is 10.4. The van der Waals surface area contributed by atoms with E-state index in [1.807, 2.05) is 6.66 Å². The molecular formula is C4H8O2P. The van der Waals surface area contributed by atoms with Crippen molar-refractivity contribution in [2.45, 2.75) is 6.42 Å². The highest BCUT2D eigenvalue weighted by Crippen LogP contribution is 2.02. The zero-order chi connectivity index (χ0) is 5.70. The standard InChI is InChI=1S/C4H8O2P/c1-7-3-2-4(5)6/h2-3H2,1H3,(H,5,6). The van der Waals surface area contributed by atoms with Crippen LogP contribution in [0, 0.1) is 0 Å². The molecule has 1 N–H and O–H groups in total. The first-order valence-electron chi connectivity index (χ1n) is 2.04. The fourth-order valence-electron chi connectivity index (χ4n) is 0.207. The molecule has 0 heterocycles. The van der Waals surface area contributed by atoms with Crippen LogP contribution in [0.5, 0.6) is 0 Å². The molecule has 0 spiro atoms. The summed E-state index contributed by atoms with van der Waals surface area (Å²) in [6, 6.07) is 0. The molecule has 0 amide bonds. The lowest BCUT2D eigenvalue weighted by Crippen LogP contribution is -1.93. The van der Waals surface area contributed by atoms with E-state index >= 15 is 0 Å². The summed E-state index contributed by atoms with van der Waals surface area (Å²) in [7, 11) is 1.16. The maximum atomic E-state index is 9.75. The number of aliphatic carboxylic acids is 1. The lowest BCUT2D eigenvalue weighted by atomic mass is 10.5. The van der Waals surface area contributed by atoms with E-state index in [0.29, 0.717) is 6.42 Å². The smallest absolute Gasteiger partial charge is 0.303 e. The number of hydrogen-bond donors (Lipinski definition) is 1. The summed E-state index contributed by atoms with van der Waals surface area (Å²) in [6.07, 6.45) is 1.08. The monoisotopic (exact) mass is 119 g/mol. The lowest BCUT2D eigenvalue weighted by Gasteiger charge is -1.85. The fourth-order valence-corrected chi connectivity index (χ4v) is 0.622. The second-order valence-corrected chi connectivity index (χ2v) is 2.26. The minimum absolute atomic E-state index is 0.304. The van der Waals surface area contributed by atoms with E-state index in [0.717, 1.165) is 14.7 Å². The molecule has 0 saturated carbocycles. The Balaban J connectivity index is 2.82. The molecule has 2 nitrogen and oxygen atoms in total. The van der Waals surface area contributed by atoms with Crippen LogP contribution in [0.4, 0.5) is 0 Å². The molecule has 0 aliphatic rings. The van der Waals surface area contributed by atoms with Crippen LogP contribution in [0.3, 0.4) is 0 Å². The Morgan fingerprint density at radius 1 is 1.86 bits per heavy atom. The van der Waals surface area contributed by atoms with Crippen molar-refractivity contribution < 1.29 is 9.90 Å². The third kappa shape index (κ3) is 5.90. The Morgan fingerprint density at radius 3 is 2.57 bits per heavy atom. The van der Waals surface area contributed by atoms with E-state index in [-0.39, 0.29) is 0 Å². The summed E-state index contributed by atoms with van der Waals surface area (Å²) in [5, 5.41) is 8.04. The lowest BCUT2D eigenvalue weighted by molar-refractivity contribution is -0.136. The number of carboxylic acid groups (broad SMARTS) is 1. The van der Waals surface area contributed by atoms with Gasteiger partial charge in [0.15, 0.2) is 0 Å². The van der Waals surface area contributed by atoms with Crippen LogP contribution in [0.1, 0.15) is 6.42 Å². The largest absolute Gasteiger partial charge is 0.481 e. The molecule has 0 unspecified atom stereocenters. The van der Waals surface area contributed by atoms with Crippen molar-refractivity contribution in [2.75, 3.05) is 12.8 Å². The quantitative estimate of drug-likeness (QED) is 0.563. The van der Waals surface area contributed by atoms with Crippen molar-refractivity contribution in [3.05, 3.63) is 0 Å². The zero-order valence-corrected chi connectivity index (χ0v) is 5.11. The second-order valence-electron chi connectivity index (χ2n) is 1.18. The molecule has 0 aliphatic heterocycles. The maximum absolute atomic E-state index is 9.75. The number of rotatable bonds is 3. The second kappa shape index (κ2) is 4.07. The molecule has 3 heteroatoms. The first-order chi connectivity index (χ1) is 3.27. The number of carbonyl (C=O) groups is 1. The van der Waals surface area contributed by atoms with Crippen LogP contribution in [-0.4, -0.2) is 23.9 Å². The summed E-state index contributed by atoms with van der Waals surface area (Å²) in [6.45, 7) is 1.95. The molecule has 0 fully saturated rings. The summed E-state index contributed by atoms with van der Waals surface area (Å²) in [4.78, 5) is 9.75. The van der Waals surface area contributed by atoms with Gasteiger partial charge >= 0.3 is 5.97 Å². The van der Waals surface area contributed by atoms with Gasteiger partial charge < -0.3 is 5.11 Å². The van der Waals surface area contributed by atoms with Crippen LogP contribution in [-0.2, 0) is 4.79 Å². The fraction of sp³-hybridized carbons (Fsp3) is 0.750. The molecule has 7 heavy (non-hydrogen) atoms. The highest BCUT2D eigenvalue weighted by atomic mass is 31.1. The van der Waals surface area contributed by atoms with Crippen LogP contribution in [0.2, 0.25) is 0 Å². The van der Waals surface area contributed by atoms with Crippen LogP contribution in [0.15, 0.2) is 0 Å². The number of carboxylic acids is 1. The first-order valence-corrected chi connectivity index (χ1v) is 3.57. The average molecular weight is 119 g/mol. The highest BCUT2D eigenvalue weighted by molar-refractivity contribution is 7.37. The van der Waals surface area contributed by atoms with Gasteiger partial charge in [0.1, 0.15) is 0 Å². The topological polar surface area (TPSA) is 37.3 Å². The van der Waals surface area contributed by atoms with Gasteiger partial charge in [0, 0.05) is 6.42 Å². The van der Waals surface area contributed by atoms with Crippen molar-refractivity contribution in [1.29, 1.82) is 0 Å². The van der Waals surface area contributed by atoms with E-state index in [1.54, 1.807) is 0 Å². The Morgan fingerprint density at radius 2 is 2.43 bits per heavy atom. The highest BCUT2D eigenvalue weighted by Gasteiger charge is 1.91. The molecule has 0 saturated heterocycles. The van der Waals surface area contributed by atoms with Crippen LogP contribution >= 0.6 is 8.58 Å². The van der Waals surface area contributed by atoms with Crippen molar-refractivity contribution >= 4 is 14.6 Å². The van der Waals surface area contributed by atoms with Gasteiger partial charge in [-0.25, -0.2) is 0 Å². The third-order valence-corrected chi connectivity index (χ3v) is 1.22. The van der Waals surface area contributed by atoms with Gasteiger partial charge in [-0.3, -0.25) is 4.79 Å². The van der Waals surface area contributed by atoms with E-state index in [4.69, 9.17) is 5.11 Å². The molecule has 0 aromatic rings. The summed E-state index contributed by atoms with van der Waals surface area (Å²) in [5.41, 5.74) is 0. The molecular weight excluding hydrogens is 111 g/mol. The predicted molar refractivity (Wildman–Crippen MR) is 30.0 cm³/mol. The predicted octanol–water partition coefficient (Wildman–Crippen LogP) is 1.04. The molecule has 0 aromatic heterocycles. The minimum Gasteiger partial charge on any atom is -0.481 e. The van der Waals surface area contributed by atoms with E-state index in [9.17, 15) is 4.79 Å². The zero-order valence-electron chi connectivity index (χ0n) is 4.22. The van der Waals surface area contributed by atoms with Crippen molar-refractivity contribution in [2.24, 2.45) is 0 Å². The third-order valence-electron chi connectivity index (χ3n) is 0.549. The van der Waals surface area contributed by atoms with Gasteiger partial charge in [0.2, 0.25) is 0 Å². The Bertz CT molecular complexity index is 62.7. The molecule has 0 aliphatic carbocycles. The molecule has 0 rings (SSSR count). The van der Waals surface area contributed by atoms with Crippen molar-refractivity contribution in [3.63, 3.8) is 0 Å².